The molecule has 2 unspecified atom stereocenters. The maximum absolute atomic E-state index is 6.10. The van der Waals surface area contributed by atoms with Gasteiger partial charge in [0, 0.05) is 50.3 Å². The Kier molecular flexibility index (Phi) is 7.70. The van der Waals surface area contributed by atoms with Crippen LogP contribution < -0.4 is 10.6 Å². The van der Waals surface area contributed by atoms with Crippen LogP contribution in [-0.2, 0) is 4.74 Å². The standard InChI is InChI=1S/C21H38N4O.HI/c1-3-26-19-15-18(21(19)11-5-4-6-12-21)24-20(22-2)23-16-9-13-25(14-10-16)17-7-8-17;/h16-19H,3-15H2,1-2H3,(H2,22,23,24);1H. The van der Waals surface area contributed by atoms with Crippen molar-refractivity contribution >= 4 is 29.9 Å². The molecule has 4 aliphatic rings. The van der Waals surface area contributed by atoms with Crippen molar-refractivity contribution in [2.75, 3.05) is 26.7 Å². The average Bonchev–Trinajstić information content (AvgIpc) is 3.53. The summed E-state index contributed by atoms with van der Waals surface area (Å²) in [7, 11) is 1.92. The fourth-order valence-electron chi connectivity index (χ4n) is 5.64. The van der Waals surface area contributed by atoms with E-state index in [0.29, 0.717) is 23.6 Å². The zero-order valence-corrected chi connectivity index (χ0v) is 19.5. The van der Waals surface area contributed by atoms with Crippen LogP contribution in [0.5, 0.6) is 0 Å². The van der Waals surface area contributed by atoms with E-state index in [1.807, 2.05) is 7.05 Å². The Bertz CT molecular complexity index is 496. The Labute approximate surface area is 182 Å². The summed E-state index contributed by atoms with van der Waals surface area (Å²) in [5.41, 5.74) is 0.348. The summed E-state index contributed by atoms with van der Waals surface area (Å²) in [4.78, 5) is 7.24. The second-order valence-corrected chi connectivity index (χ2v) is 8.93. The van der Waals surface area contributed by atoms with Crippen molar-refractivity contribution in [1.82, 2.24) is 15.5 Å². The van der Waals surface area contributed by atoms with Gasteiger partial charge in [-0.2, -0.15) is 0 Å². The van der Waals surface area contributed by atoms with E-state index < -0.39 is 0 Å². The van der Waals surface area contributed by atoms with Gasteiger partial charge in [0.25, 0.3) is 0 Å². The molecule has 0 amide bonds. The molecule has 1 spiro atoms. The van der Waals surface area contributed by atoms with Crippen LogP contribution in [0.3, 0.4) is 0 Å². The highest BCUT2D eigenvalue weighted by molar-refractivity contribution is 14.0. The molecule has 1 saturated heterocycles. The first-order valence-corrected chi connectivity index (χ1v) is 11.1. The predicted octanol–water partition coefficient (Wildman–Crippen LogP) is 3.52. The van der Waals surface area contributed by atoms with E-state index in [9.17, 15) is 0 Å². The van der Waals surface area contributed by atoms with E-state index in [0.717, 1.165) is 25.0 Å². The third kappa shape index (κ3) is 4.74. The Morgan fingerprint density at radius 3 is 2.37 bits per heavy atom. The van der Waals surface area contributed by atoms with Gasteiger partial charge in [-0.3, -0.25) is 4.99 Å². The largest absolute Gasteiger partial charge is 0.378 e. The van der Waals surface area contributed by atoms with Crippen LogP contribution in [0.25, 0.3) is 0 Å². The molecule has 2 N–H and O–H groups in total. The van der Waals surface area contributed by atoms with Gasteiger partial charge in [0.2, 0.25) is 0 Å². The first kappa shape index (κ1) is 21.6. The fourth-order valence-corrected chi connectivity index (χ4v) is 5.64. The summed E-state index contributed by atoms with van der Waals surface area (Å²) < 4.78 is 6.10. The van der Waals surface area contributed by atoms with Crippen molar-refractivity contribution in [2.24, 2.45) is 10.4 Å². The number of hydrogen-bond donors (Lipinski definition) is 2. The van der Waals surface area contributed by atoms with Crippen molar-refractivity contribution in [3.05, 3.63) is 0 Å². The number of nitrogens with zero attached hydrogens (tertiary/aromatic N) is 2. The van der Waals surface area contributed by atoms with Crippen LogP contribution in [-0.4, -0.2) is 61.8 Å². The first-order valence-electron chi connectivity index (χ1n) is 11.1. The van der Waals surface area contributed by atoms with Gasteiger partial charge in [-0.25, -0.2) is 0 Å². The van der Waals surface area contributed by atoms with E-state index in [4.69, 9.17) is 4.74 Å². The van der Waals surface area contributed by atoms with Crippen LogP contribution >= 0.6 is 24.0 Å². The molecule has 3 aliphatic carbocycles. The molecule has 5 nitrogen and oxygen atoms in total. The minimum absolute atomic E-state index is 0. The number of piperidine rings is 1. The van der Waals surface area contributed by atoms with Gasteiger partial charge in [0.15, 0.2) is 5.96 Å². The van der Waals surface area contributed by atoms with E-state index in [1.54, 1.807) is 0 Å². The molecule has 0 radical (unpaired) electrons. The average molecular weight is 490 g/mol. The maximum Gasteiger partial charge on any atom is 0.191 e. The Morgan fingerprint density at radius 1 is 1.07 bits per heavy atom. The predicted molar refractivity (Wildman–Crippen MR) is 122 cm³/mol. The molecule has 6 heteroatoms. The zero-order chi connectivity index (χ0) is 18.0. The molecule has 4 fully saturated rings. The van der Waals surface area contributed by atoms with E-state index >= 15 is 0 Å². The second kappa shape index (κ2) is 9.61. The highest BCUT2D eigenvalue weighted by Crippen LogP contribution is 2.53. The summed E-state index contributed by atoms with van der Waals surface area (Å²) in [6, 6.07) is 2.00. The monoisotopic (exact) mass is 490 g/mol. The number of aliphatic imine (C=N–C) groups is 1. The summed E-state index contributed by atoms with van der Waals surface area (Å²) in [6.07, 6.45) is 13.6. The van der Waals surface area contributed by atoms with E-state index in [-0.39, 0.29) is 24.0 Å². The third-order valence-electron chi connectivity index (χ3n) is 7.41. The van der Waals surface area contributed by atoms with E-state index in [2.05, 4.69) is 27.4 Å². The van der Waals surface area contributed by atoms with E-state index in [1.165, 1.54) is 70.9 Å². The van der Waals surface area contributed by atoms with Crippen molar-refractivity contribution in [3.8, 4) is 0 Å². The van der Waals surface area contributed by atoms with Crippen molar-refractivity contribution in [1.29, 1.82) is 0 Å². The molecule has 3 saturated carbocycles. The second-order valence-electron chi connectivity index (χ2n) is 8.93. The lowest BCUT2D eigenvalue weighted by Crippen LogP contribution is -2.67. The van der Waals surface area contributed by atoms with Crippen LogP contribution in [0.2, 0.25) is 0 Å². The Hall–Kier alpha value is -0.0800. The van der Waals surface area contributed by atoms with Crippen molar-refractivity contribution in [3.63, 3.8) is 0 Å². The smallest absolute Gasteiger partial charge is 0.191 e. The molecule has 0 aromatic carbocycles. The van der Waals surface area contributed by atoms with Gasteiger partial charge >= 0.3 is 0 Å². The Balaban J connectivity index is 0.00000210. The number of guanidine groups is 1. The van der Waals surface area contributed by atoms with Crippen LogP contribution in [0, 0.1) is 5.41 Å². The quantitative estimate of drug-likeness (QED) is 0.352. The molecule has 0 bridgehead atoms. The highest BCUT2D eigenvalue weighted by Gasteiger charge is 2.55. The van der Waals surface area contributed by atoms with Crippen molar-refractivity contribution < 1.29 is 4.74 Å². The molecule has 4 rings (SSSR count). The van der Waals surface area contributed by atoms with Gasteiger partial charge in [-0.1, -0.05) is 19.3 Å². The molecule has 27 heavy (non-hydrogen) atoms. The minimum Gasteiger partial charge on any atom is -0.378 e. The topological polar surface area (TPSA) is 48.9 Å². The fraction of sp³-hybridized carbons (Fsp3) is 0.952. The van der Waals surface area contributed by atoms with Crippen LogP contribution in [0.15, 0.2) is 4.99 Å². The maximum atomic E-state index is 6.10. The molecule has 0 aromatic heterocycles. The van der Waals surface area contributed by atoms with Crippen LogP contribution in [0.4, 0.5) is 0 Å². The Morgan fingerprint density at radius 2 is 1.78 bits per heavy atom. The minimum atomic E-state index is 0. The summed E-state index contributed by atoms with van der Waals surface area (Å²) in [5, 5.41) is 7.52. The molecule has 156 valence electrons. The van der Waals surface area contributed by atoms with Gasteiger partial charge < -0.3 is 20.3 Å². The lowest BCUT2D eigenvalue weighted by molar-refractivity contribution is -0.145. The van der Waals surface area contributed by atoms with Gasteiger partial charge in [0.05, 0.1) is 6.10 Å². The number of halogens is 1. The molecule has 2 atom stereocenters. The number of nitrogens with one attached hydrogen (secondary N) is 2. The van der Waals surface area contributed by atoms with Crippen LogP contribution in [0.1, 0.15) is 71.1 Å². The number of likely N-dealkylation sites (tertiary alicyclic amines) is 1. The highest BCUT2D eigenvalue weighted by atomic mass is 127. The summed E-state index contributed by atoms with van der Waals surface area (Å²) in [5.74, 6) is 1.01. The molecule has 1 aliphatic heterocycles. The summed E-state index contributed by atoms with van der Waals surface area (Å²) >= 11 is 0. The van der Waals surface area contributed by atoms with Gasteiger partial charge in [0.1, 0.15) is 0 Å². The number of rotatable bonds is 5. The van der Waals surface area contributed by atoms with Crippen molar-refractivity contribution in [2.45, 2.75) is 95.4 Å². The lowest BCUT2D eigenvalue weighted by Gasteiger charge is -2.58. The molecular weight excluding hydrogens is 451 g/mol. The summed E-state index contributed by atoms with van der Waals surface area (Å²) in [6.45, 7) is 5.47. The third-order valence-corrected chi connectivity index (χ3v) is 7.41. The zero-order valence-electron chi connectivity index (χ0n) is 17.2. The normalized spacial score (nSPS) is 31.9. The number of hydrogen-bond acceptors (Lipinski definition) is 3. The molecular formula is C21H39IN4O. The van der Waals surface area contributed by atoms with Gasteiger partial charge in [-0.15, -0.1) is 24.0 Å². The lowest BCUT2D eigenvalue weighted by atomic mass is 9.55. The molecule has 1 heterocycles. The van der Waals surface area contributed by atoms with Gasteiger partial charge in [-0.05, 0) is 51.9 Å². The first-order chi connectivity index (χ1) is 12.7. The number of ether oxygens (including phenoxy) is 1. The SMILES string of the molecule is CCOC1CC(NC(=NC)NC2CCN(C3CC3)CC2)C12CCCCC2.I. The molecule has 0 aromatic rings.